The number of hydrogen-bond donors (Lipinski definition) is 4. The highest BCUT2D eigenvalue weighted by atomic mass is 32.1. The number of aryl methyl sites for hydroxylation is 2. The molecular formula is C22H28N4S2. The Morgan fingerprint density at radius 1 is 0.643 bits per heavy atom. The fourth-order valence-electron chi connectivity index (χ4n) is 3.36. The van der Waals surface area contributed by atoms with Crippen LogP contribution in [-0.2, 0) is 0 Å². The molecule has 4 N–H and O–H groups in total. The van der Waals surface area contributed by atoms with Gasteiger partial charge in [0.05, 0.1) is 0 Å². The maximum absolute atomic E-state index is 5.46. The Labute approximate surface area is 178 Å². The molecule has 1 saturated carbocycles. The molecule has 1 fully saturated rings. The number of benzene rings is 2. The van der Waals surface area contributed by atoms with Crippen molar-refractivity contribution in [1.82, 2.24) is 10.6 Å². The molecule has 0 spiro atoms. The number of nitrogens with one attached hydrogen (secondary N) is 4. The van der Waals surface area contributed by atoms with E-state index >= 15 is 0 Å². The first kappa shape index (κ1) is 20.6. The lowest BCUT2D eigenvalue weighted by Gasteiger charge is -2.31. The summed E-state index contributed by atoms with van der Waals surface area (Å²) in [4.78, 5) is 0. The fraction of sp³-hybridized carbons (Fsp3) is 0.364. The zero-order valence-electron chi connectivity index (χ0n) is 16.4. The summed E-state index contributed by atoms with van der Waals surface area (Å²) in [5.74, 6) is 0. The second kappa shape index (κ2) is 9.85. The van der Waals surface area contributed by atoms with Gasteiger partial charge >= 0.3 is 0 Å². The highest BCUT2D eigenvalue weighted by molar-refractivity contribution is 7.80. The monoisotopic (exact) mass is 412 g/mol. The molecule has 3 rings (SSSR count). The van der Waals surface area contributed by atoms with E-state index in [1.54, 1.807) is 0 Å². The minimum absolute atomic E-state index is 0.405. The van der Waals surface area contributed by atoms with Crippen molar-refractivity contribution in [3.05, 3.63) is 59.7 Å². The van der Waals surface area contributed by atoms with Crippen LogP contribution in [0.3, 0.4) is 0 Å². The van der Waals surface area contributed by atoms with E-state index < -0.39 is 0 Å². The molecule has 6 heteroatoms. The number of thiocarbonyl (C=S) groups is 2. The van der Waals surface area contributed by atoms with Gasteiger partial charge in [0.15, 0.2) is 10.2 Å². The second-order valence-corrected chi connectivity index (χ2v) is 8.29. The zero-order chi connectivity index (χ0) is 19.9. The lowest BCUT2D eigenvalue weighted by Crippen LogP contribution is -2.45. The molecule has 0 bridgehead atoms. The van der Waals surface area contributed by atoms with Gasteiger partial charge in [0.2, 0.25) is 0 Å². The van der Waals surface area contributed by atoms with Gasteiger partial charge in [-0.05, 0) is 88.2 Å². The average Bonchev–Trinajstić information content (AvgIpc) is 2.67. The van der Waals surface area contributed by atoms with Gasteiger partial charge in [-0.25, -0.2) is 0 Å². The lowest BCUT2D eigenvalue weighted by atomic mass is 9.91. The quantitative estimate of drug-likeness (QED) is 0.537. The number of hydrogen-bond acceptors (Lipinski definition) is 2. The third-order valence-electron chi connectivity index (χ3n) is 5.02. The zero-order valence-corrected chi connectivity index (χ0v) is 18.1. The Balaban J connectivity index is 1.37. The Hall–Kier alpha value is -2.18. The topological polar surface area (TPSA) is 48.1 Å². The first-order valence-corrected chi connectivity index (χ1v) is 10.6. The van der Waals surface area contributed by atoms with Crippen LogP contribution >= 0.6 is 24.4 Å². The van der Waals surface area contributed by atoms with Crippen molar-refractivity contribution < 1.29 is 0 Å². The standard InChI is InChI=1S/C22H28N4S2/c1-15-3-7-17(8-4-15)23-21(27)25-19-11-13-20(14-12-19)26-22(28)24-18-9-5-16(2)6-10-18/h3-10,19-20H,11-14H2,1-2H3,(H2,23,25,27)(H2,24,26,28). The molecule has 0 unspecified atom stereocenters. The second-order valence-electron chi connectivity index (χ2n) is 7.48. The molecule has 0 saturated heterocycles. The van der Waals surface area contributed by atoms with Crippen LogP contribution in [0.5, 0.6) is 0 Å². The average molecular weight is 413 g/mol. The first-order chi connectivity index (χ1) is 13.5. The van der Waals surface area contributed by atoms with Crippen LogP contribution in [0.1, 0.15) is 36.8 Å². The van der Waals surface area contributed by atoms with Gasteiger partial charge in [0, 0.05) is 23.5 Å². The predicted molar refractivity (Wildman–Crippen MR) is 127 cm³/mol. The van der Waals surface area contributed by atoms with E-state index in [2.05, 4.69) is 59.4 Å². The maximum Gasteiger partial charge on any atom is 0.170 e. The molecular weight excluding hydrogens is 384 g/mol. The summed E-state index contributed by atoms with van der Waals surface area (Å²) >= 11 is 10.9. The van der Waals surface area contributed by atoms with Crippen molar-refractivity contribution in [3.8, 4) is 0 Å². The molecule has 0 heterocycles. The third kappa shape index (κ3) is 6.46. The minimum atomic E-state index is 0.405. The molecule has 28 heavy (non-hydrogen) atoms. The summed E-state index contributed by atoms with van der Waals surface area (Å²) in [6.07, 6.45) is 4.28. The molecule has 0 aliphatic heterocycles. The van der Waals surface area contributed by atoms with Gasteiger partial charge in [-0.1, -0.05) is 35.4 Å². The van der Waals surface area contributed by atoms with E-state index in [1.165, 1.54) is 11.1 Å². The lowest BCUT2D eigenvalue weighted by molar-refractivity contribution is 0.356. The Morgan fingerprint density at radius 2 is 0.964 bits per heavy atom. The van der Waals surface area contributed by atoms with Crippen LogP contribution in [0, 0.1) is 13.8 Å². The van der Waals surface area contributed by atoms with Gasteiger partial charge in [0.1, 0.15) is 0 Å². The summed E-state index contributed by atoms with van der Waals surface area (Å²) in [6.45, 7) is 4.16. The van der Waals surface area contributed by atoms with Gasteiger partial charge in [-0.15, -0.1) is 0 Å². The SMILES string of the molecule is Cc1ccc(NC(=S)NC2CCC(NC(=S)Nc3ccc(C)cc3)CC2)cc1. The minimum Gasteiger partial charge on any atom is -0.360 e. The normalized spacial score (nSPS) is 18.8. The molecule has 0 atom stereocenters. The molecule has 0 amide bonds. The maximum atomic E-state index is 5.46. The van der Waals surface area contributed by atoms with Crippen molar-refractivity contribution in [1.29, 1.82) is 0 Å². The Kier molecular flexibility index (Phi) is 7.23. The van der Waals surface area contributed by atoms with E-state index in [-0.39, 0.29) is 0 Å². The molecule has 0 radical (unpaired) electrons. The van der Waals surface area contributed by atoms with E-state index in [1.807, 2.05) is 24.3 Å². The van der Waals surface area contributed by atoms with Gasteiger partial charge in [-0.3, -0.25) is 0 Å². The largest absolute Gasteiger partial charge is 0.360 e. The number of rotatable bonds is 4. The summed E-state index contributed by atoms with van der Waals surface area (Å²) < 4.78 is 0. The van der Waals surface area contributed by atoms with Crippen LogP contribution in [0.2, 0.25) is 0 Å². The van der Waals surface area contributed by atoms with Crippen molar-refractivity contribution in [2.75, 3.05) is 10.6 Å². The summed E-state index contributed by atoms with van der Waals surface area (Å²) in [5.41, 5.74) is 4.52. The van der Waals surface area contributed by atoms with Crippen LogP contribution in [0.4, 0.5) is 11.4 Å². The molecule has 0 aromatic heterocycles. The van der Waals surface area contributed by atoms with Crippen LogP contribution in [-0.4, -0.2) is 22.3 Å². The molecule has 148 valence electrons. The highest BCUT2D eigenvalue weighted by Gasteiger charge is 2.22. The summed E-state index contributed by atoms with van der Waals surface area (Å²) in [6, 6.07) is 17.3. The fourth-order valence-corrected chi connectivity index (χ4v) is 3.93. The molecule has 1 aliphatic carbocycles. The summed E-state index contributed by atoms with van der Waals surface area (Å²) in [5, 5.41) is 14.8. The van der Waals surface area contributed by atoms with Crippen molar-refractivity contribution in [2.24, 2.45) is 0 Å². The van der Waals surface area contributed by atoms with E-state index in [0.29, 0.717) is 22.3 Å². The van der Waals surface area contributed by atoms with E-state index in [0.717, 1.165) is 37.1 Å². The van der Waals surface area contributed by atoms with E-state index in [4.69, 9.17) is 24.4 Å². The van der Waals surface area contributed by atoms with E-state index in [9.17, 15) is 0 Å². The van der Waals surface area contributed by atoms with Crippen LogP contribution < -0.4 is 21.3 Å². The Bertz CT molecular complexity index is 725. The summed E-state index contributed by atoms with van der Waals surface area (Å²) in [7, 11) is 0. The predicted octanol–water partition coefficient (Wildman–Crippen LogP) is 4.89. The Morgan fingerprint density at radius 3 is 1.29 bits per heavy atom. The van der Waals surface area contributed by atoms with Crippen LogP contribution in [0.15, 0.2) is 48.5 Å². The molecule has 2 aromatic rings. The van der Waals surface area contributed by atoms with Gasteiger partial charge < -0.3 is 21.3 Å². The third-order valence-corrected chi connectivity index (χ3v) is 5.46. The van der Waals surface area contributed by atoms with Crippen molar-refractivity contribution >= 4 is 46.0 Å². The van der Waals surface area contributed by atoms with Crippen molar-refractivity contribution in [2.45, 2.75) is 51.6 Å². The molecule has 2 aromatic carbocycles. The first-order valence-electron chi connectivity index (χ1n) is 9.76. The van der Waals surface area contributed by atoms with Gasteiger partial charge in [-0.2, -0.15) is 0 Å². The van der Waals surface area contributed by atoms with Gasteiger partial charge in [0.25, 0.3) is 0 Å². The van der Waals surface area contributed by atoms with Crippen LogP contribution in [0.25, 0.3) is 0 Å². The molecule has 4 nitrogen and oxygen atoms in total. The number of anilines is 2. The smallest absolute Gasteiger partial charge is 0.170 e. The highest BCUT2D eigenvalue weighted by Crippen LogP contribution is 2.19. The van der Waals surface area contributed by atoms with Crippen molar-refractivity contribution in [3.63, 3.8) is 0 Å². The molecule has 1 aliphatic rings.